The van der Waals surface area contributed by atoms with Gasteiger partial charge in [-0.2, -0.15) is 0 Å². The number of guanidine groups is 1. The maximum Gasteiger partial charge on any atom is 0.191 e. The van der Waals surface area contributed by atoms with Gasteiger partial charge < -0.3 is 15.4 Å². The maximum atomic E-state index is 5.99. The van der Waals surface area contributed by atoms with Crippen LogP contribution in [0, 0.1) is 5.41 Å². The van der Waals surface area contributed by atoms with Crippen LogP contribution in [0.5, 0.6) is 0 Å². The van der Waals surface area contributed by atoms with Gasteiger partial charge in [-0.25, -0.2) is 0 Å². The lowest BCUT2D eigenvalue weighted by molar-refractivity contribution is -0.0945. The summed E-state index contributed by atoms with van der Waals surface area (Å²) in [7, 11) is 0. The van der Waals surface area contributed by atoms with Crippen molar-refractivity contribution in [3.05, 3.63) is 34.9 Å². The fraction of sp³-hybridized carbons (Fsp3) is 0.562. The van der Waals surface area contributed by atoms with Gasteiger partial charge in [-0.15, -0.1) is 0 Å². The van der Waals surface area contributed by atoms with Gasteiger partial charge in [-0.3, -0.25) is 4.99 Å². The molecule has 2 rings (SSSR count). The predicted octanol–water partition coefficient (Wildman–Crippen LogP) is 2.47. The summed E-state index contributed by atoms with van der Waals surface area (Å²) in [4.78, 5) is 4.64. The van der Waals surface area contributed by atoms with Crippen LogP contribution in [-0.4, -0.2) is 38.8 Å². The number of nitrogens with one attached hydrogen (secondary N) is 2. The molecule has 0 spiro atoms. The lowest BCUT2D eigenvalue weighted by Crippen LogP contribution is -2.44. The van der Waals surface area contributed by atoms with E-state index in [1.165, 1.54) is 5.56 Å². The van der Waals surface area contributed by atoms with Crippen LogP contribution in [-0.2, 0) is 11.2 Å². The number of ether oxygens (including phenoxy) is 1. The van der Waals surface area contributed by atoms with Crippen LogP contribution < -0.4 is 10.6 Å². The molecule has 116 valence electrons. The summed E-state index contributed by atoms with van der Waals surface area (Å²) >= 11 is 5.99. The van der Waals surface area contributed by atoms with Gasteiger partial charge in [0.05, 0.1) is 19.8 Å². The minimum atomic E-state index is 0.204. The van der Waals surface area contributed by atoms with E-state index in [4.69, 9.17) is 16.3 Å². The van der Waals surface area contributed by atoms with Crippen molar-refractivity contribution >= 4 is 17.6 Å². The Kier molecular flexibility index (Phi) is 5.88. The van der Waals surface area contributed by atoms with E-state index in [0.717, 1.165) is 50.3 Å². The standard InChI is InChI=1S/C16H24ClN3O/c1-3-18-15(20-10-16(2)11-21-12-16)19-8-7-13-5-4-6-14(17)9-13/h4-6,9H,3,7-8,10-12H2,1-2H3,(H2,18,19,20). The van der Waals surface area contributed by atoms with E-state index < -0.39 is 0 Å². The molecule has 1 aliphatic heterocycles. The van der Waals surface area contributed by atoms with Crippen LogP contribution in [0.25, 0.3) is 0 Å². The van der Waals surface area contributed by atoms with E-state index in [2.05, 4.69) is 35.5 Å². The summed E-state index contributed by atoms with van der Waals surface area (Å²) in [5, 5.41) is 7.42. The van der Waals surface area contributed by atoms with Gasteiger partial charge in [-0.05, 0) is 31.0 Å². The Hall–Kier alpha value is -1.26. The van der Waals surface area contributed by atoms with Crippen molar-refractivity contribution in [1.82, 2.24) is 10.6 Å². The Balaban J connectivity index is 1.80. The number of rotatable bonds is 6. The lowest BCUT2D eigenvalue weighted by Gasteiger charge is -2.36. The number of hydrogen-bond donors (Lipinski definition) is 2. The van der Waals surface area contributed by atoms with E-state index in [1.54, 1.807) is 0 Å². The van der Waals surface area contributed by atoms with E-state index >= 15 is 0 Å². The molecule has 1 aromatic rings. The second-order valence-corrected chi connectivity index (χ2v) is 6.24. The second kappa shape index (κ2) is 7.66. The molecule has 1 aliphatic rings. The third-order valence-corrected chi connectivity index (χ3v) is 3.69. The van der Waals surface area contributed by atoms with Gasteiger partial charge in [-0.1, -0.05) is 30.7 Å². The highest BCUT2D eigenvalue weighted by Gasteiger charge is 2.33. The van der Waals surface area contributed by atoms with E-state index in [0.29, 0.717) is 0 Å². The van der Waals surface area contributed by atoms with Gasteiger partial charge in [0, 0.05) is 23.5 Å². The van der Waals surface area contributed by atoms with E-state index in [-0.39, 0.29) is 5.41 Å². The van der Waals surface area contributed by atoms with Crippen molar-refractivity contribution in [2.75, 3.05) is 32.8 Å². The molecule has 5 heteroatoms. The molecule has 4 nitrogen and oxygen atoms in total. The van der Waals surface area contributed by atoms with Crippen LogP contribution in [0.1, 0.15) is 19.4 Å². The van der Waals surface area contributed by atoms with Crippen LogP contribution in [0.2, 0.25) is 5.02 Å². The fourth-order valence-corrected chi connectivity index (χ4v) is 2.38. The molecule has 1 fully saturated rings. The van der Waals surface area contributed by atoms with E-state index in [9.17, 15) is 0 Å². The maximum absolute atomic E-state index is 5.99. The van der Waals surface area contributed by atoms with Crippen LogP contribution in [0.4, 0.5) is 0 Å². The van der Waals surface area contributed by atoms with Crippen molar-refractivity contribution in [2.45, 2.75) is 20.3 Å². The molecule has 0 radical (unpaired) electrons. The minimum Gasteiger partial charge on any atom is -0.380 e. The molecular weight excluding hydrogens is 286 g/mol. The Morgan fingerprint density at radius 1 is 1.38 bits per heavy atom. The molecule has 1 aromatic carbocycles. The van der Waals surface area contributed by atoms with Crippen LogP contribution in [0.3, 0.4) is 0 Å². The third-order valence-electron chi connectivity index (χ3n) is 3.46. The normalized spacial score (nSPS) is 17.2. The summed E-state index contributed by atoms with van der Waals surface area (Å²) in [6, 6.07) is 7.96. The van der Waals surface area contributed by atoms with Gasteiger partial charge in [0.2, 0.25) is 0 Å². The molecule has 0 saturated carbocycles. The first-order valence-electron chi connectivity index (χ1n) is 7.46. The molecule has 0 atom stereocenters. The molecule has 1 saturated heterocycles. The smallest absolute Gasteiger partial charge is 0.191 e. The van der Waals surface area contributed by atoms with Gasteiger partial charge in [0.15, 0.2) is 5.96 Å². The largest absolute Gasteiger partial charge is 0.380 e. The molecule has 0 bridgehead atoms. The SMILES string of the molecule is CCNC(=NCC1(C)COC1)NCCc1cccc(Cl)c1. The van der Waals surface area contributed by atoms with Gasteiger partial charge in [0.25, 0.3) is 0 Å². The molecule has 0 unspecified atom stereocenters. The van der Waals surface area contributed by atoms with Gasteiger partial charge in [0.1, 0.15) is 0 Å². The van der Waals surface area contributed by atoms with Crippen molar-refractivity contribution < 1.29 is 4.74 Å². The van der Waals surface area contributed by atoms with Crippen molar-refractivity contribution in [3.8, 4) is 0 Å². The first-order valence-corrected chi connectivity index (χ1v) is 7.83. The minimum absolute atomic E-state index is 0.204. The van der Waals surface area contributed by atoms with Gasteiger partial charge >= 0.3 is 0 Å². The Morgan fingerprint density at radius 2 is 2.19 bits per heavy atom. The molecule has 0 aliphatic carbocycles. The van der Waals surface area contributed by atoms with Crippen molar-refractivity contribution in [2.24, 2.45) is 10.4 Å². The zero-order chi connectivity index (χ0) is 15.1. The van der Waals surface area contributed by atoms with Crippen LogP contribution in [0.15, 0.2) is 29.3 Å². The highest BCUT2D eigenvalue weighted by atomic mass is 35.5. The summed E-state index contributed by atoms with van der Waals surface area (Å²) in [6.07, 6.45) is 0.922. The Morgan fingerprint density at radius 3 is 2.81 bits per heavy atom. The predicted molar refractivity (Wildman–Crippen MR) is 88.1 cm³/mol. The highest BCUT2D eigenvalue weighted by molar-refractivity contribution is 6.30. The first-order chi connectivity index (χ1) is 10.1. The zero-order valence-corrected chi connectivity index (χ0v) is 13.5. The molecule has 0 amide bonds. The van der Waals surface area contributed by atoms with Crippen molar-refractivity contribution in [1.29, 1.82) is 0 Å². The van der Waals surface area contributed by atoms with Crippen molar-refractivity contribution in [3.63, 3.8) is 0 Å². The monoisotopic (exact) mass is 309 g/mol. The van der Waals surface area contributed by atoms with Crippen LogP contribution >= 0.6 is 11.6 Å². The topological polar surface area (TPSA) is 45.7 Å². The lowest BCUT2D eigenvalue weighted by atomic mass is 9.89. The Bertz CT molecular complexity index is 486. The number of aliphatic imine (C=N–C) groups is 1. The average Bonchev–Trinajstić information content (AvgIpc) is 2.43. The summed E-state index contributed by atoms with van der Waals surface area (Å²) < 4.78 is 5.26. The number of nitrogens with zero attached hydrogens (tertiary/aromatic N) is 1. The molecule has 21 heavy (non-hydrogen) atoms. The number of halogens is 1. The quantitative estimate of drug-likeness (QED) is 0.627. The molecule has 0 aromatic heterocycles. The first kappa shape index (κ1) is 16.1. The molecule has 2 N–H and O–H groups in total. The Labute approximate surface area is 131 Å². The number of benzene rings is 1. The summed E-state index contributed by atoms with van der Waals surface area (Å²) in [5.41, 5.74) is 1.43. The molecule has 1 heterocycles. The highest BCUT2D eigenvalue weighted by Crippen LogP contribution is 2.26. The summed E-state index contributed by atoms with van der Waals surface area (Å²) in [6.45, 7) is 8.36. The van der Waals surface area contributed by atoms with E-state index in [1.807, 2.05) is 18.2 Å². The zero-order valence-electron chi connectivity index (χ0n) is 12.8. The summed E-state index contributed by atoms with van der Waals surface area (Å²) in [5.74, 6) is 0.868. The second-order valence-electron chi connectivity index (χ2n) is 5.81. The number of hydrogen-bond acceptors (Lipinski definition) is 2. The fourth-order valence-electron chi connectivity index (χ4n) is 2.17. The molecular formula is C16H24ClN3O. The average molecular weight is 310 g/mol. The third kappa shape index (κ3) is 5.21.